The smallest absolute Gasteiger partial charge is 0.250 e. The van der Waals surface area contributed by atoms with Crippen molar-refractivity contribution >= 4 is 36.1 Å². The molecule has 1 aliphatic rings. The number of amidine groups is 1. The van der Waals surface area contributed by atoms with E-state index in [2.05, 4.69) is 61.1 Å². The van der Waals surface area contributed by atoms with E-state index in [1.165, 1.54) is 0 Å². The van der Waals surface area contributed by atoms with Crippen molar-refractivity contribution in [1.82, 2.24) is 10.2 Å². The fourth-order valence-corrected chi connectivity index (χ4v) is 4.14. The number of hydrogen-bond donors (Lipinski definition) is 3. The molecule has 3 rings (SSSR count). The largest absolute Gasteiger partial charge is 0.387 e. The maximum atomic E-state index is 13.1. The molecule has 2 aromatic carbocycles. The molecule has 0 atom stereocenters. The number of hydrogen-bond acceptors (Lipinski definition) is 5. The second-order valence-electron chi connectivity index (χ2n) is 7.89. The van der Waals surface area contributed by atoms with Crippen molar-refractivity contribution in [2.75, 3.05) is 20.1 Å². The Balaban J connectivity index is 1.95. The molecule has 0 aliphatic carbocycles. The Hall–Kier alpha value is -2.57. The first-order chi connectivity index (χ1) is 15.0. The van der Waals surface area contributed by atoms with E-state index in [0.29, 0.717) is 17.8 Å². The van der Waals surface area contributed by atoms with Crippen LogP contribution in [0, 0.1) is 0 Å². The molecule has 0 spiro atoms. The van der Waals surface area contributed by atoms with Crippen molar-refractivity contribution in [2.45, 2.75) is 44.6 Å². The van der Waals surface area contributed by atoms with Gasteiger partial charge in [0.2, 0.25) is 5.91 Å². The zero-order chi connectivity index (χ0) is 22.4. The van der Waals surface area contributed by atoms with Gasteiger partial charge in [-0.05, 0) is 54.8 Å². The number of benzene rings is 2. The van der Waals surface area contributed by atoms with E-state index in [-0.39, 0.29) is 5.91 Å². The molecule has 1 amide bonds. The number of aliphatic imine (C=N–C) groups is 1. The maximum absolute atomic E-state index is 13.1. The summed E-state index contributed by atoms with van der Waals surface area (Å²) in [7, 11) is 1.92. The highest BCUT2D eigenvalue weighted by Gasteiger charge is 2.21. The Kier molecular flexibility index (Phi) is 7.93. The van der Waals surface area contributed by atoms with Crippen LogP contribution in [-0.2, 0) is 11.3 Å². The second-order valence-corrected chi connectivity index (χ2v) is 8.37. The lowest BCUT2D eigenvalue weighted by Gasteiger charge is -2.22. The summed E-state index contributed by atoms with van der Waals surface area (Å²) in [6.45, 7) is 6.46. The first-order valence-electron chi connectivity index (χ1n) is 10.9. The highest BCUT2D eigenvalue weighted by Crippen LogP contribution is 2.33. The zero-order valence-electron chi connectivity index (χ0n) is 18.6. The van der Waals surface area contributed by atoms with E-state index in [4.69, 9.17) is 5.73 Å². The summed E-state index contributed by atoms with van der Waals surface area (Å²) in [4.78, 5) is 20.6. The maximum Gasteiger partial charge on any atom is 0.250 e. The van der Waals surface area contributed by atoms with Crippen LogP contribution in [0.1, 0.15) is 44.2 Å². The van der Waals surface area contributed by atoms with Gasteiger partial charge in [0.15, 0.2) is 0 Å². The Labute approximate surface area is 190 Å². The van der Waals surface area contributed by atoms with Gasteiger partial charge in [-0.15, -0.1) is 12.6 Å². The summed E-state index contributed by atoms with van der Waals surface area (Å²) >= 11 is 4.63. The quantitative estimate of drug-likeness (QED) is 0.521. The summed E-state index contributed by atoms with van der Waals surface area (Å²) in [5.41, 5.74) is 11.9. The van der Waals surface area contributed by atoms with Crippen LogP contribution in [-0.4, -0.2) is 36.8 Å². The normalized spacial score (nSPS) is 13.2. The van der Waals surface area contributed by atoms with Crippen molar-refractivity contribution < 1.29 is 4.79 Å². The second kappa shape index (κ2) is 10.6. The predicted octanol–water partition coefficient (Wildman–Crippen LogP) is 4.79. The predicted molar refractivity (Wildman–Crippen MR) is 133 cm³/mol. The van der Waals surface area contributed by atoms with Crippen molar-refractivity contribution in [1.29, 1.82) is 0 Å². The van der Waals surface area contributed by atoms with Gasteiger partial charge in [0.05, 0.1) is 5.69 Å². The molecule has 0 radical (unpaired) electrons. The summed E-state index contributed by atoms with van der Waals surface area (Å²) in [6, 6.07) is 12.4. The van der Waals surface area contributed by atoms with Gasteiger partial charge in [-0.25, -0.2) is 4.99 Å². The van der Waals surface area contributed by atoms with E-state index in [9.17, 15) is 4.79 Å². The standard InChI is InChI=1S/C25H32N4OS/c1-4-10-29(11-5-2)25(30)21-12-19-8-6-17(13-22(19)28-24(26)15-21)18-7-9-20(16-27-3)23(31)14-18/h6-9,12-14,27,31H,4-5,10-11,15-16H2,1-3H3,(H2,26,28). The average molecular weight is 437 g/mol. The number of fused-ring (bicyclic) bond motifs is 1. The van der Waals surface area contributed by atoms with Crippen LogP contribution in [0.2, 0.25) is 0 Å². The number of rotatable bonds is 8. The number of nitrogens with two attached hydrogens (primary N) is 1. The van der Waals surface area contributed by atoms with Gasteiger partial charge in [0, 0.05) is 42.1 Å². The highest BCUT2D eigenvalue weighted by atomic mass is 32.1. The van der Waals surface area contributed by atoms with Crippen molar-refractivity contribution in [3.8, 4) is 11.1 Å². The molecule has 0 aromatic heterocycles. The number of carbonyl (C=O) groups excluding carboxylic acids is 1. The molecule has 1 aliphatic heterocycles. The lowest BCUT2D eigenvalue weighted by atomic mass is 10.00. The van der Waals surface area contributed by atoms with Crippen LogP contribution < -0.4 is 11.1 Å². The molecule has 1 heterocycles. The van der Waals surface area contributed by atoms with Crippen molar-refractivity contribution in [2.24, 2.45) is 10.7 Å². The van der Waals surface area contributed by atoms with E-state index in [0.717, 1.165) is 65.3 Å². The van der Waals surface area contributed by atoms with Gasteiger partial charge >= 0.3 is 0 Å². The molecular formula is C25H32N4OS. The van der Waals surface area contributed by atoms with Crippen LogP contribution in [0.4, 0.5) is 5.69 Å². The average Bonchev–Trinajstić information content (AvgIpc) is 2.92. The third-order valence-electron chi connectivity index (χ3n) is 5.33. The fraction of sp³-hybridized carbons (Fsp3) is 0.360. The van der Waals surface area contributed by atoms with E-state index < -0.39 is 0 Å². The van der Waals surface area contributed by atoms with Gasteiger partial charge in [-0.3, -0.25) is 4.79 Å². The molecule has 5 nitrogen and oxygen atoms in total. The molecule has 0 saturated heterocycles. The Morgan fingerprint density at radius 1 is 1.13 bits per heavy atom. The number of nitrogens with one attached hydrogen (secondary N) is 1. The molecule has 0 unspecified atom stereocenters. The minimum absolute atomic E-state index is 0.0543. The van der Waals surface area contributed by atoms with Crippen LogP contribution in [0.15, 0.2) is 51.9 Å². The summed E-state index contributed by atoms with van der Waals surface area (Å²) in [5.74, 6) is 0.515. The molecule has 164 valence electrons. The van der Waals surface area contributed by atoms with Gasteiger partial charge in [-0.1, -0.05) is 38.1 Å². The van der Waals surface area contributed by atoms with Crippen LogP contribution >= 0.6 is 12.6 Å². The Morgan fingerprint density at radius 2 is 1.81 bits per heavy atom. The van der Waals surface area contributed by atoms with Gasteiger partial charge < -0.3 is 16.0 Å². The van der Waals surface area contributed by atoms with Gasteiger partial charge in [0.25, 0.3) is 0 Å². The number of carbonyl (C=O) groups is 1. The van der Waals surface area contributed by atoms with Gasteiger partial charge in [-0.2, -0.15) is 0 Å². The lowest BCUT2D eigenvalue weighted by Crippen LogP contribution is -2.34. The highest BCUT2D eigenvalue weighted by molar-refractivity contribution is 7.80. The molecule has 2 aromatic rings. The van der Waals surface area contributed by atoms with E-state index in [1.54, 1.807) is 0 Å². The molecule has 3 N–H and O–H groups in total. The molecular weight excluding hydrogens is 404 g/mol. The number of thiol groups is 1. The molecule has 31 heavy (non-hydrogen) atoms. The molecule has 0 bridgehead atoms. The molecule has 6 heteroatoms. The summed E-state index contributed by atoms with van der Waals surface area (Å²) in [5, 5.41) is 3.16. The van der Waals surface area contributed by atoms with Crippen LogP contribution in [0.5, 0.6) is 0 Å². The Bertz CT molecular complexity index is 1010. The summed E-state index contributed by atoms with van der Waals surface area (Å²) in [6.07, 6.45) is 4.18. The molecule has 0 fully saturated rings. The first-order valence-corrected chi connectivity index (χ1v) is 11.3. The minimum Gasteiger partial charge on any atom is -0.387 e. The van der Waals surface area contributed by atoms with Gasteiger partial charge in [0.1, 0.15) is 5.84 Å². The SMILES string of the molecule is CCCN(CCC)C(=O)C1=Cc2ccc(-c3ccc(CNC)c(S)c3)cc2N=C(N)C1. The molecule has 0 saturated carbocycles. The third kappa shape index (κ3) is 5.57. The zero-order valence-corrected chi connectivity index (χ0v) is 19.5. The minimum atomic E-state index is 0.0543. The topological polar surface area (TPSA) is 70.7 Å². The fourth-order valence-electron chi connectivity index (χ4n) is 3.85. The monoisotopic (exact) mass is 436 g/mol. The van der Waals surface area contributed by atoms with E-state index in [1.807, 2.05) is 30.2 Å². The van der Waals surface area contributed by atoms with Crippen LogP contribution in [0.25, 0.3) is 17.2 Å². The first kappa shape index (κ1) is 23.1. The number of nitrogens with zero attached hydrogens (tertiary/aromatic N) is 2. The Morgan fingerprint density at radius 3 is 2.45 bits per heavy atom. The van der Waals surface area contributed by atoms with E-state index >= 15 is 0 Å². The van der Waals surface area contributed by atoms with Crippen molar-refractivity contribution in [3.63, 3.8) is 0 Å². The number of amides is 1. The third-order valence-corrected chi connectivity index (χ3v) is 5.75. The lowest BCUT2D eigenvalue weighted by molar-refractivity contribution is -0.127. The van der Waals surface area contributed by atoms with Crippen LogP contribution in [0.3, 0.4) is 0 Å². The summed E-state index contributed by atoms with van der Waals surface area (Å²) < 4.78 is 0. The van der Waals surface area contributed by atoms with Crippen molar-refractivity contribution in [3.05, 3.63) is 53.1 Å².